The molecule has 0 heterocycles. The average molecular weight is 383 g/mol. The molecule has 0 aromatic heterocycles. The molecule has 0 N–H and O–H groups in total. The molecular formula is CI2ORu. The van der Waals surface area contributed by atoms with Crippen LogP contribution in [0.5, 0.6) is 0 Å². The summed E-state index contributed by atoms with van der Waals surface area (Å²) in [7, 11) is 0. The van der Waals surface area contributed by atoms with Crippen LogP contribution in [-0.2, 0) is 19.5 Å². The summed E-state index contributed by atoms with van der Waals surface area (Å²) in [4.78, 5) is 9.42. The minimum atomic E-state index is 0. The Labute approximate surface area is 70.3 Å². The minimum Gasteiger partial charge on any atom is -0.276 e. The van der Waals surface area contributed by atoms with Crippen molar-refractivity contribution in [3.63, 3.8) is 0 Å². The van der Waals surface area contributed by atoms with Gasteiger partial charge in [-0.2, -0.15) is 0 Å². The van der Waals surface area contributed by atoms with Crippen molar-refractivity contribution in [2.75, 3.05) is 0 Å². The second-order valence-corrected chi connectivity index (χ2v) is 4.25. The first-order chi connectivity index (χ1) is 1.73. The molecule has 0 bridgehead atoms. The third kappa shape index (κ3) is 26.4. The SMILES string of the molecule is O=C(I)I.[Ru]. The van der Waals surface area contributed by atoms with Crippen LogP contribution in [0.4, 0.5) is 4.79 Å². The predicted octanol–water partition coefficient (Wildman–Crippen LogP) is 1.97. The van der Waals surface area contributed by atoms with E-state index < -0.39 is 0 Å². The van der Waals surface area contributed by atoms with E-state index in [1.807, 2.05) is 0 Å². The van der Waals surface area contributed by atoms with E-state index in [2.05, 4.69) is 0 Å². The van der Waals surface area contributed by atoms with Gasteiger partial charge in [0.15, 0.2) is 0 Å². The Kier molecular flexibility index (Phi) is 11.4. The number of hydrogen-bond donors (Lipinski definition) is 0. The number of carbonyl (C=O) groups is 1. The fraction of sp³-hybridized carbons (Fsp3) is 0. The van der Waals surface area contributed by atoms with Crippen molar-refractivity contribution in [3.8, 4) is 0 Å². The Morgan fingerprint density at radius 3 is 1.40 bits per heavy atom. The Bertz CT molecular complexity index is 32.6. The summed E-state index contributed by atoms with van der Waals surface area (Å²) in [6, 6.07) is 0. The van der Waals surface area contributed by atoms with E-state index in [1.54, 1.807) is 45.2 Å². The second kappa shape index (κ2) is 5.75. The molecule has 4 heteroatoms. The fourth-order valence-electron chi connectivity index (χ4n) is 0. The van der Waals surface area contributed by atoms with Crippen molar-refractivity contribution < 1.29 is 24.3 Å². The van der Waals surface area contributed by atoms with Gasteiger partial charge in [0.05, 0.1) is 0 Å². The third-order valence-corrected chi connectivity index (χ3v) is 0. The maximum Gasteiger partial charge on any atom is 0.251 e. The summed E-state index contributed by atoms with van der Waals surface area (Å²) in [6.07, 6.45) is 0. The van der Waals surface area contributed by atoms with Crippen molar-refractivity contribution in [1.29, 1.82) is 0 Å². The first-order valence-electron chi connectivity index (χ1n) is 0.582. The van der Waals surface area contributed by atoms with Crippen LogP contribution in [0.25, 0.3) is 0 Å². The van der Waals surface area contributed by atoms with Crippen LogP contribution in [-0.4, -0.2) is 1.80 Å². The monoisotopic (exact) mass is 384 g/mol. The van der Waals surface area contributed by atoms with Gasteiger partial charge in [-0.1, -0.05) is 0 Å². The molecule has 1 nitrogen and oxygen atoms in total. The first kappa shape index (κ1) is 9.89. The quantitative estimate of drug-likeness (QED) is 0.356. The molecule has 5 heavy (non-hydrogen) atoms. The van der Waals surface area contributed by atoms with Crippen molar-refractivity contribution in [2.45, 2.75) is 0 Å². The van der Waals surface area contributed by atoms with E-state index in [0.29, 0.717) is 0 Å². The molecule has 0 rings (SSSR count). The predicted molar refractivity (Wildman–Crippen MR) is 33.4 cm³/mol. The van der Waals surface area contributed by atoms with Gasteiger partial charge in [0.2, 0.25) is 0 Å². The van der Waals surface area contributed by atoms with Gasteiger partial charge >= 0.3 is 0 Å². The molecule has 0 atom stereocenters. The zero-order valence-corrected chi connectivity index (χ0v) is 8.07. The average Bonchev–Trinajstić information content (AvgIpc) is 0.811. The summed E-state index contributed by atoms with van der Waals surface area (Å²) in [6.45, 7) is 0. The molecule has 0 aromatic rings. The van der Waals surface area contributed by atoms with Crippen LogP contribution in [0.2, 0.25) is 0 Å². The Morgan fingerprint density at radius 1 is 1.40 bits per heavy atom. The summed E-state index contributed by atoms with van der Waals surface area (Å²) in [5.74, 6) is 0. The van der Waals surface area contributed by atoms with Crippen molar-refractivity contribution in [2.24, 2.45) is 0 Å². The van der Waals surface area contributed by atoms with Crippen LogP contribution in [0.1, 0.15) is 0 Å². The summed E-state index contributed by atoms with van der Waals surface area (Å²) >= 11 is 3.38. The van der Waals surface area contributed by atoms with Gasteiger partial charge in [-0.05, 0) is 0 Å². The Balaban J connectivity index is 0. The molecule has 0 amide bonds. The number of rotatable bonds is 0. The zero-order chi connectivity index (χ0) is 3.58. The Hall–Kier alpha value is 1.75. The van der Waals surface area contributed by atoms with Crippen LogP contribution < -0.4 is 0 Å². The van der Waals surface area contributed by atoms with Gasteiger partial charge in [-0.3, -0.25) is 4.79 Å². The number of hydrogen-bond acceptors (Lipinski definition) is 1. The second-order valence-electron chi connectivity index (χ2n) is 0.226. The van der Waals surface area contributed by atoms with Crippen LogP contribution in [0, 0.1) is 0 Å². The third-order valence-electron chi connectivity index (χ3n) is 0. The summed E-state index contributed by atoms with van der Waals surface area (Å²) in [5, 5.41) is 0. The van der Waals surface area contributed by atoms with Gasteiger partial charge in [0.1, 0.15) is 0 Å². The number of halogens is 2. The van der Waals surface area contributed by atoms with Gasteiger partial charge in [0.25, 0.3) is 1.80 Å². The molecule has 0 aliphatic heterocycles. The van der Waals surface area contributed by atoms with Gasteiger partial charge in [-0.15, -0.1) is 0 Å². The molecule has 0 fully saturated rings. The minimum absolute atomic E-state index is 0. The topological polar surface area (TPSA) is 17.1 Å². The molecule has 0 unspecified atom stereocenters. The maximum absolute atomic E-state index is 9.42. The summed E-state index contributed by atoms with van der Waals surface area (Å²) < 4.78 is 0.107. The first-order valence-corrected chi connectivity index (χ1v) is 2.74. The van der Waals surface area contributed by atoms with E-state index in [1.165, 1.54) is 0 Å². The van der Waals surface area contributed by atoms with E-state index in [0.717, 1.165) is 0 Å². The molecule has 0 aliphatic carbocycles. The fourth-order valence-corrected chi connectivity index (χ4v) is 0. The van der Waals surface area contributed by atoms with E-state index >= 15 is 0 Å². The molecular weight excluding hydrogens is 383 g/mol. The van der Waals surface area contributed by atoms with Crippen molar-refractivity contribution in [3.05, 3.63) is 0 Å². The van der Waals surface area contributed by atoms with Crippen LogP contribution in [0.15, 0.2) is 0 Å². The van der Waals surface area contributed by atoms with E-state index in [9.17, 15) is 4.79 Å². The molecule has 0 radical (unpaired) electrons. The van der Waals surface area contributed by atoms with Gasteiger partial charge in [0, 0.05) is 64.7 Å². The standard InChI is InChI=1S/CI2O.Ru/c2-1(3)4;. The van der Waals surface area contributed by atoms with Gasteiger partial charge < -0.3 is 0 Å². The molecule has 32 valence electrons. The van der Waals surface area contributed by atoms with Crippen LogP contribution >= 0.6 is 45.2 Å². The molecule has 0 aliphatic rings. The smallest absolute Gasteiger partial charge is 0.251 e. The largest absolute Gasteiger partial charge is 0.276 e. The number of carbonyl (C=O) groups excluding carboxylic acids is 1. The molecule has 0 saturated carbocycles. The Morgan fingerprint density at radius 2 is 1.40 bits per heavy atom. The normalized spacial score (nSPS) is 5.20. The molecule has 0 saturated heterocycles. The molecule has 0 spiro atoms. The van der Waals surface area contributed by atoms with E-state index in [-0.39, 0.29) is 21.3 Å². The van der Waals surface area contributed by atoms with E-state index in [4.69, 9.17) is 0 Å². The van der Waals surface area contributed by atoms with Crippen molar-refractivity contribution >= 4 is 47.0 Å². The summed E-state index contributed by atoms with van der Waals surface area (Å²) in [5.41, 5.74) is 0. The zero-order valence-electron chi connectivity index (χ0n) is 2.02. The molecule has 0 aromatic carbocycles. The van der Waals surface area contributed by atoms with Crippen LogP contribution in [0.3, 0.4) is 0 Å². The maximum atomic E-state index is 9.42. The van der Waals surface area contributed by atoms with Crippen molar-refractivity contribution in [1.82, 2.24) is 0 Å². The van der Waals surface area contributed by atoms with Gasteiger partial charge in [-0.25, -0.2) is 0 Å².